The second kappa shape index (κ2) is 9.73. The molecule has 8 nitrogen and oxygen atoms in total. The van der Waals surface area contributed by atoms with Gasteiger partial charge in [-0.25, -0.2) is 17.5 Å². The zero-order valence-corrected chi connectivity index (χ0v) is 18.4. The molecule has 164 valence electrons. The van der Waals surface area contributed by atoms with Crippen LogP contribution in [0.25, 0.3) is 11.4 Å². The van der Waals surface area contributed by atoms with Gasteiger partial charge in [0.1, 0.15) is 10.7 Å². The Morgan fingerprint density at radius 3 is 2.61 bits per heavy atom. The van der Waals surface area contributed by atoms with Crippen LogP contribution in [0.5, 0.6) is 0 Å². The molecule has 0 amide bonds. The van der Waals surface area contributed by atoms with Crippen LogP contribution in [0.15, 0.2) is 45.8 Å². The van der Waals surface area contributed by atoms with Crippen LogP contribution in [-0.4, -0.2) is 31.1 Å². The van der Waals surface area contributed by atoms with Gasteiger partial charge in [0.05, 0.1) is 16.5 Å². The summed E-state index contributed by atoms with van der Waals surface area (Å²) >= 11 is 11.8. The maximum Gasteiger partial charge on any atom is 0.307 e. The molecule has 3 rings (SSSR count). The van der Waals surface area contributed by atoms with Crippen molar-refractivity contribution < 1.29 is 26.9 Å². The Kier molecular flexibility index (Phi) is 7.26. The van der Waals surface area contributed by atoms with E-state index in [4.69, 9.17) is 32.5 Å². The Labute approximate surface area is 187 Å². The van der Waals surface area contributed by atoms with E-state index in [-0.39, 0.29) is 46.2 Å². The first-order valence-electron chi connectivity index (χ1n) is 8.86. The van der Waals surface area contributed by atoms with Crippen LogP contribution in [0.3, 0.4) is 0 Å². The minimum atomic E-state index is -4.01. The summed E-state index contributed by atoms with van der Waals surface area (Å²) in [6.45, 7) is 1.08. The van der Waals surface area contributed by atoms with Crippen molar-refractivity contribution in [3.63, 3.8) is 0 Å². The van der Waals surface area contributed by atoms with E-state index in [0.29, 0.717) is 11.1 Å². The molecule has 1 heterocycles. The van der Waals surface area contributed by atoms with Gasteiger partial charge in [-0.15, -0.1) is 0 Å². The largest absolute Gasteiger partial charge is 0.456 e. The lowest BCUT2D eigenvalue weighted by Crippen LogP contribution is -2.27. The van der Waals surface area contributed by atoms with Crippen molar-refractivity contribution in [3.8, 4) is 11.4 Å². The SMILES string of the molecule is Cc1ccc(-c2noc(COC(=O)CCNS(=O)(=O)c3c(Cl)cccc3Cl)n2)cc1F. The lowest BCUT2D eigenvalue weighted by Gasteiger charge is -2.09. The molecule has 31 heavy (non-hydrogen) atoms. The summed E-state index contributed by atoms with van der Waals surface area (Å²) in [6.07, 6.45) is -0.258. The molecule has 0 radical (unpaired) electrons. The second-order valence-corrected chi connectivity index (χ2v) is 8.85. The summed E-state index contributed by atoms with van der Waals surface area (Å²) in [5.41, 5.74) is 0.894. The first-order chi connectivity index (χ1) is 14.7. The Morgan fingerprint density at radius 1 is 1.23 bits per heavy atom. The van der Waals surface area contributed by atoms with E-state index >= 15 is 0 Å². The highest BCUT2D eigenvalue weighted by Crippen LogP contribution is 2.28. The summed E-state index contributed by atoms with van der Waals surface area (Å²) in [7, 11) is -4.01. The smallest absolute Gasteiger partial charge is 0.307 e. The molecular formula is C19H16Cl2FN3O5S. The lowest BCUT2D eigenvalue weighted by molar-refractivity contribution is -0.145. The molecule has 0 spiro atoms. The summed E-state index contributed by atoms with van der Waals surface area (Å²) < 4.78 is 50.5. The quantitative estimate of drug-likeness (QED) is 0.479. The monoisotopic (exact) mass is 487 g/mol. The number of esters is 1. The average molecular weight is 488 g/mol. The molecular weight excluding hydrogens is 472 g/mol. The van der Waals surface area contributed by atoms with Crippen molar-refractivity contribution in [2.24, 2.45) is 0 Å². The third kappa shape index (κ3) is 5.79. The number of aryl methyl sites for hydroxylation is 1. The van der Waals surface area contributed by atoms with E-state index in [1.54, 1.807) is 19.1 Å². The van der Waals surface area contributed by atoms with Crippen molar-refractivity contribution in [2.45, 2.75) is 24.8 Å². The van der Waals surface area contributed by atoms with Gasteiger partial charge < -0.3 is 9.26 Å². The summed E-state index contributed by atoms with van der Waals surface area (Å²) in [5, 5.41) is 3.64. The molecule has 0 fully saturated rings. The molecule has 0 saturated carbocycles. The average Bonchev–Trinajstić information content (AvgIpc) is 3.17. The number of aromatic nitrogens is 2. The van der Waals surface area contributed by atoms with Crippen LogP contribution in [-0.2, 0) is 26.2 Å². The van der Waals surface area contributed by atoms with Gasteiger partial charge in [0.25, 0.3) is 5.89 Å². The number of carbonyl (C=O) groups excluding carboxylic acids is 1. The van der Waals surface area contributed by atoms with Gasteiger partial charge in [-0.3, -0.25) is 4.79 Å². The first kappa shape index (κ1) is 23.1. The molecule has 0 aliphatic heterocycles. The predicted octanol–water partition coefficient (Wildman–Crippen LogP) is 3.90. The van der Waals surface area contributed by atoms with E-state index < -0.39 is 21.8 Å². The summed E-state index contributed by atoms with van der Waals surface area (Å²) in [5.74, 6) is -0.952. The molecule has 12 heteroatoms. The van der Waals surface area contributed by atoms with Crippen molar-refractivity contribution in [3.05, 3.63) is 63.7 Å². The van der Waals surface area contributed by atoms with Gasteiger partial charge in [-0.1, -0.05) is 46.6 Å². The van der Waals surface area contributed by atoms with Gasteiger partial charge in [-0.05, 0) is 30.7 Å². The summed E-state index contributed by atoms with van der Waals surface area (Å²) in [4.78, 5) is 15.7. The van der Waals surface area contributed by atoms with Gasteiger partial charge >= 0.3 is 5.97 Å². The van der Waals surface area contributed by atoms with Gasteiger partial charge in [-0.2, -0.15) is 4.98 Å². The number of rotatable bonds is 8. The minimum absolute atomic E-state index is 0.00719. The molecule has 3 aromatic rings. The Balaban J connectivity index is 1.51. The van der Waals surface area contributed by atoms with Gasteiger partial charge in [0, 0.05) is 12.1 Å². The molecule has 1 N–H and O–H groups in total. The highest BCUT2D eigenvalue weighted by Gasteiger charge is 2.21. The maximum absolute atomic E-state index is 13.7. The van der Waals surface area contributed by atoms with Crippen LogP contribution in [0.1, 0.15) is 17.9 Å². The molecule has 0 unspecified atom stereocenters. The van der Waals surface area contributed by atoms with E-state index in [0.717, 1.165) is 0 Å². The van der Waals surface area contributed by atoms with Crippen LogP contribution in [0.4, 0.5) is 4.39 Å². The third-order valence-corrected chi connectivity index (χ3v) is 6.48. The van der Waals surface area contributed by atoms with E-state index in [9.17, 15) is 17.6 Å². The molecule has 1 aromatic heterocycles. The lowest BCUT2D eigenvalue weighted by atomic mass is 10.1. The van der Waals surface area contributed by atoms with Gasteiger partial charge in [0.15, 0.2) is 6.61 Å². The number of carbonyl (C=O) groups is 1. The normalized spacial score (nSPS) is 11.5. The van der Waals surface area contributed by atoms with E-state index in [1.807, 2.05) is 0 Å². The van der Waals surface area contributed by atoms with Crippen LogP contribution >= 0.6 is 23.2 Å². The molecule has 0 saturated heterocycles. The number of hydrogen-bond donors (Lipinski definition) is 1. The summed E-state index contributed by atoms with van der Waals surface area (Å²) in [6, 6.07) is 8.78. The number of halogens is 3. The third-order valence-electron chi connectivity index (χ3n) is 4.06. The fourth-order valence-electron chi connectivity index (χ4n) is 2.48. The Morgan fingerprint density at radius 2 is 1.94 bits per heavy atom. The molecule has 0 aliphatic rings. The highest BCUT2D eigenvalue weighted by molar-refractivity contribution is 7.89. The topological polar surface area (TPSA) is 111 Å². The number of nitrogens with zero attached hydrogens (tertiary/aromatic N) is 2. The minimum Gasteiger partial charge on any atom is -0.456 e. The Hall–Kier alpha value is -2.53. The first-order valence-corrected chi connectivity index (χ1v) is 11.1. The zero-order valence-electron chi connectivity index (χ0n) is 16.1. The fourth-order valence-corrected chi connectivity index (χ4v) is 4.65. The zero-order chi connectivity index (χ0) is 22.6. The molecule has 0 atom stereocenters. The predicted molar refractivity (Wildman–Crippen MR) is 110 cm³/mol. The number of hydrogen-bond acceptors (Lipinski definition) is 7. The van der Waals surface area contributed by atoms with Crippen LogP contribution in [0.2, 0.25) is 10.0 Å². The number of benzene rings is 2. The van der Waals surface area contributed by atoms with Gasteiger partial charge in [0.2, 0.25) is 15.8 Å². The van der Waals surface area contributed by atoms with Crippen LogP contribution in [0, 0.1) is 12.7 Å². The fraction of sp³-hybridized carbons (Fsp3) is 0.211. The van der Waals surface area contributed by atoms with Crippen molar-refractivity contribution >= 4 is 39.2 Å². The van der Waals surface area contributed by atoms with E-state index in [1.165, 1.54) is 24.3 Å². The number of nitrogens with one attached hydrogen (secondary N) is 1. The van der Waals surface area contributed by atoms with Crippen molar-refractivity contribution in [2.75, 3.05) is 6.54 Å². The second-order valence-electron chi connectivity index (χ2n) is 6.33. The van der Waals surface area contributed by atoms with Crippen molar-refractivity contribution in [1.82, 2.24) is 14.9 Å². The standard InChI is InChI=1S/C19H16Cl2FN3O5S/c1-11-5-6-12(9-15(11)22)19-24-16(30-25-19)10-29-17(26)7-8-23-31(27,28)18-13(20)3-2-4-14(18)21/h2-6,9,23H,7-8,10H2,1H3. The highest BCUT2D eigenvalue weighted by atomic mass is 35.5. The molecule has 0 aliphatic carbocycles. The van der Waals surface area contributed by atoms with Crippen molar-refractivity contribution in [1.29, 1.82) is 0 Å². The van der Waals surface area contributed by atoms with E-state index in [2.05, 4.69) is 14.9 Å². The molecule has 2 aromatic carbocycles. The molecule has 0 bridgehead atoms. The Bertz CT molecular complexity index is 1200. The maximum atomic E-state index is 13.7. The number of ether oxygens (including phenoxy) is 1. The number of sulfonamides is 1. The van der Waals surface area contributed by atoms with Crippen LogP contribution < -0.4 is 4.72 Å².